The third-order valence-electron chi connectivity index (χ3n) is 8.04. The van der Waals surface area contributed by atoms with Crippen LogP contribution in [-0.4, -0.2) is 29.5 Å². The Morgan fingerprint density at radius 2 is 1.37 bits per heavy atom. The summed E-state index contributed by atoms with van der Waals surface area (Å²) in [5, 5.41) is 15.6. The van der Waals surface area contributed by atoms with E-state index in [2.05, 4.69) is 17.6 Å². The summed E-state index contributed by atoms with van der Waals surface area (Å²) < 4.78 is 0. The molecule has 0 aromatic heterocycles. The summed E-state index contributed by atoms with van der Waals surface area (Å²) in [6.45, 7) is 2.87. The third kappa shape index (κ3) is 12.9. The maximum absolute atomic E-state index is 13.3. The van der Waals surface area contributed by atoms with Gasteiger partial charge >= 0.3 is 0 Å². The molecule has 3 aromatic rings. The lowest BCUT2D eigenvalue weighted by Crippen LogP contribution is -2.47. The molecule has 0 heterocycles. The topological polar surface area (TPSA) is 104 Å². The highest BCUT2D eigenvalue weighted by molar-refractivity contribution is 5.98. The van der Waals surface area contributed by atoms with Gasteiger partial charge in [-0.3, -0.25) is 9.59 Å². The van der Waals surface area contributed by atoms with Crippen molar-refractivity contribution in [3.8, 4) is 5.75 Å². The molecule has 0 fully saturated rings. The molecule has 3 aromatic carbocycles. The average Bonchev–Trinajstić information content (AvgIpc) is 3.02. The van der Waals surface area contributed by atoms with Crippen molar-refractivity contribution >= 4 is 17.5 Å². The molecule has 0 aliphatic carbocycles. The number of aromatic hydroxyl groups is 1. The monoisotopic (exact) mass is 585 g/mol. The van der Waals surface area contributed by atoms with E-state index in [4.69, 9.17) is 5.73 Å². The van der Waals surface area contributed by atoms with E-state index in [1.165, 1.54) is 51.4 Å². The van der Waals surface area contributed by atoms with Crippen LogP contribution in [0.25, 0.3) is 0 Å². The molecule has 0 saturated carbocycles. The summed E-state index contributed by atoms with van der Waals surface area (Å²) in [7, 11) is 0. The number of aryl methyl sites for hydroxylation is 3. The molecule has 3 rings (SSSR count). The lowest BCUT2D eigenvalue weighted by molar-refractivity contribution is -0.123. The van der Waals surface area contributed by atoms with E-state index in [0.29, 0.717) is 37.1 Å². The Hall–Kier alpha value is -3.80. The van der Waals surface area contributed by atoms with E-state index in [-0.39, 0.29) is 17.6 Å². The van der Waals surface area contributed by atoms with Crippen LogP contribution in [0.15, 0.2) is 72.8 Å². The molecule has 0 radical (unpaired) electrons. The van der Waals surface area contributed by atoms with Crippen molar-refractivity contribution in [1.82, 2.24) is 10.6 Å². The van der Waals surface area contributed by atoms with Gasteiger partial charge in [-0.25, -0.2) is 0 Å². The van der Waals surface area contributed by atoms with Crippen molar-refractivity contribution < 1.29 is 14.7 Å². The first-order valence-corrected chi connectivity index (χ1v) is 16.2. The van der Waals surface area contributed by atoms with Crippen molar-refractivity contribution in [1.29, 1.82) is 0 Å². The second-order valence-corrected chi connectivity index (χ2v) is 11.6. The van der Waals surface area contributed by atoms with E-state index in [9.17, 15) is 14.7 Å². The molecular weight excluding hydrogens is 534 g/mol. The van der Waals surface area contributed by atoms with Crippen LogP contribution in [0.1, 0.15) is 105 Å². The minimum atomic E-state index is -0.631. The Morgan fingerprint density at radius 3 is 2.05 bits per heavy atom. The first-order valence-electron chi connectivity index (χ1n) is 16.2. The summed E-state index contributed by atoms with van der Waals surface area (Å²) in [6.07, 6.45) is 15.1. The number of phenolic OH excluding ortho intramolecular Hbond substituents is 1. The summed E-state index contributed by atoms with van der Waals surface area (Å²) in [5.41, 5.74) is 10.4. The number of nitrogens with one attached hydrogen (secondary N) is 2. The Kier molecular flexibility index (Phi) is 15.2. The lowest BCUT2D eigenvalue weighted by Gasteiger charge is -2.19. The molecule has 1 atom stereocenters. The van der Waals surface area contributed by atoms with E-state index < -0.39 is 6.04 Å². The lowest BCUT2D eigenvalue weighted by atomic mass is 10.00. The van der Waals surface area contributed by atoms with E-state index in [1.54, 1.807) is 24.3 Å². The minimum Gasteiger partial charge on any atom is -0.508 e. The largest absolute Gasteiger partial charge is 0.508 e. The molecule has 0 saturated heterocycles. The van der Waals surface area contributed by atoms with Gasteiger partial charge in [-0.1, -0.05) is 107 Å². The molecule has 6 heteroatoms. The highest BCUT2D eigenvalue weighted by Gasteiger charge is 2.21. The summed E-state index contributed by atoms with van der Waals surface area (Å²) >= 11 is 0. The number of amides is 2. The van der Waals surface area contributed by atoms with Crippen LogP contribution >= 0.6 is 0 Å². The number of benzene rings is 3. The highest BCUT2D eigenvalue weighted by Crippen LogP contribution is 2.19. The van der Waals surface area contributed by atoms with Gasteiger partial charge in [0.25, 0.3) is 5.91 Å². The van der Waals surface area contributed by atoms with Crippen molar-refractivity contribution in [2.24, 2.45) is 0 Å². The fraction of sp³-hybridized carbons (Fsp3) is 0.459. The SMILES string of the molecule is CCCCCCCCCCCCNC(=O)[C@H](CCc1ccccc1)NC(=O)c1ccc(N)c(CCc2ccc(O)cc2)c1. The number of carbonyl (C=O) groups is 2. The molecule has 0 spiro atoms. The zero-order chi connectivity index (χ0) is 30.7. The van der Waals surface area contributed by atoms with Gasteiger partial charge in [-0.05, 0) is 79.1 Å². The molecule has 5 N–H and O–H groups in total. The number of nitrogens with two attached hydrogens (primary N) is 1. The van der Waals surface area contributed by atoms with Gasteiger partial charge < -0.3 is 21.5 Å². The standard InChI is InChI=1S/C37H51N3O3/c1-2-3-4-5-6-7-8-9-10-14-27-39-37(43)35(26-20-29-15-12-11-13-16-29)40-36(42)32-22-25-34(38)31(28-32)21-17-30-18-23-33(41)24-19-30/h11-13,15-16,18-19,22-25,28,35,41H,2-10,14,17,20-21,26-27,38H2,1H3,(H,39,43)(H,40,42)/t35-/m0/s1. The Balaban J connectivity index is 1.52. The van der Waals surface area contributed by atoms with Crippen molar-refractivity contribution in [2.45, 2.75) is 103 Å². The van der Waals surface area contributed by atoms with Crippen molar-refractivity contribution in [3.63, 3.8) is 0 Å². The zero-order valence-electron chi connectivity index (χ0n) is 26.0. The predicted molar refractivity (Wildman–Crippen MR) is 177 cm³/mol. The van der Waals surface area contributed by atoms with E-state index in [0.717, 1.165) is 36.0 Å². The predicted octanol–water partition coefficient (Wildman–Crippen LogP) is 7.53. The molecule has 2 amide bonds. The normalized spacial score (nSPS) is 11.7. The molecule has 232 valence electrons. The van der Waals surface area contributed by atoms with Crippen LogP contribution in [0.4, 0.5) is 5.69 Å². The van der Waals surface area contributed by atoms with Gasteiger partial charge in [0, 0.05) is 17.8 Å². The van der Waals surface area contributed by atoms with Gasteiger partial charge in [0.2, 0.25) is 5.91 Å². The Bertz CT molecular complexity index is 1230. The highest BCUT2D eigenvalue weighted by atomic mass is 16.3. The van der Waals surface area contributed by atoms with Crippen molar-refractivity contribution in [2.75, 3.05) is 12.3 Å². The number of hydrogen-bond acceptors (Lipinski definition) is 4. The van der Waals surface area contributed by atoms with Gasteiger partial charge in [0.05, 0.1) is 0 Å². The quantitative estimate of drug-likeness (QED) is 0.0813. The van der Waals surface area contributed by atoms with Crippen LogP contribution in [-0.2, 0) is 24.1 Å². The number of phenols is 1. The van der Waals surface area contributed by atoms with Crippen LogP contribution in [0.5, 0.6) is 5.75 Å². The number of hydrogen-bond donors (Lipinski definition) is 4. The molecule has 0 aliphatic heterocycles. The second-order valence-electron chi connectivity index (χ2n) is 11.6. The first-order chi connectivity index (χ1) is 21.0. The number of anilines is 1. The molecule has 0 unspecified atom stereocenters. The van der Waals surface area contributed by atoms with Crippen LogP contribution in [0, 0.1) is 0 Å². The van der Waals surface area contributed by atoms with Gasteiger partial charge in [-0.15, -0.1) is 0 Å². The zero-order valence-corrected chi connectivity index (χ0v) is 26.0. The van der Waals surface area contributed by atoms with E-state index >= 15 is 0 Å². The maximum atomic E-state index is 13.3. The Labute approximate surface area is 258 Å². The number of rotatable bonds is 20. The average molecular weight is 586 g/mol. The first kappa shape index (κ1) is 33.7. The van der Waals surface area contributed by atoms with Crippen molar-refractivity contribution in [3.05, 3.63) is 95.1 Å². The molecule has 0 aliphatic rings. The van der Waals surface area contributed by atoms with Crippen LogP contribution in [0.2, 0.25) is 0 Å². The fourth-order valence-electron chi connectivity index (χ4n) is 5.32. The Morgan fingerprint density at radius 1 is 0.744 bits per heavy atom. The van der Waals surface area contributed by atoms with Crippen LogP contribution in [0.3, 0.4) is 0 Å². The molecule has 43 heavy (non-hydrogen) atoms. The van der Waals surface area contributed by atoms with Gasteiger partial charge in [0.15, 0.2) is 0 Å². The number of nitrogen functional groups attached to an aromatic ring is 1. The molecular formula is C37H51N3O3. The summed E-state index contributed by atoms with van der Waals surface area (Å²) in [5.74, 6) is -0.183. The maximum Gasteiger partial charge on any atom is 0.251 e. The smallest absolute Gasteiger partial charge is 0.251 e. The summed E-state index contributed by atoms with van der Waals surface area (Å²) in [4.78, 5) is 26.6. The molecule has 0 bridgehead atoms. The number of unbranched alkanes of at least 4 members (excludes halogenated alkanes) is 9. The van der Waals surface area contributed by atoms with Gasteiger partial charge in [-0.2, -0.15) is 0 Å². The van der Waals surface area contributed by atoms with Gasteiger partial charge in [0.1, 0.15) is 11.8 Å². The second kappa shape index (κ2) is 19.4. The fourth-order valence-corrected chi connectivity index (χ4v) is 5.32. The third-order valence-corrected chi connectivity index (χ3v) is 8.04. The number of carbonyl (C=O) groups excluding carboxylic acids is 2. The molecule has 6 nitrogen and oxygen atoms in total. The van der Waals surface area contributed by atoms with E-state index in [1.807, 2.05) is 48.5 Å². The van der Waals surface area contributed by atoms with Crippen LogP contribution < -0.4 is 16.4 Å². The summed E-state index contributed by atoms with van der Waals surface area (Å²) in [6, 6.07) is 21.8. The minimum absolute atomic E-state index is 0.136.